The lowest BCUT2D eigenvalue weighted by molar-refractivity contribution is 0.0205. The van der Waals surface area contributed by atoms with Gasteiger partial charge >= 0.3 is 12.2 Å². The number of piperidine rings is 1. The highest BCUT2D eigenvalue weighted by Gasteiger charge is 2.28. The number of H-pyrrole nitrogens is 1. The summed E-state index contributed by atoms with van der Waals surface area (Å²) in [6.45, 7) is 7.18. The molecule has 3 aromatic heterocycles. The fraction of sp³-hybridized carbons (Fsp3) is 0.407. The Balaban J connectivity index is 1.41. The second-order valence-electron chi connectivity index (χ2n) is 10.6. The minimum Gasteiger partial charge on any atom is -0.453 e. The zero-order valence-corrected chi connectivity index (χ0v) is 24.8. The Bertz CT molecular complexity index is 1650. The van der Waals surface area contributed by atoms with Crippen LogP contribution in [0.3, 0.4) is 0 Å². The highest BCUT2D eigenvalue weighted by Crippen LogP contribution is 2.34. The number of ether oxygens (including phenoxy) is 2. The van der Waals surface area contributed by atoms with Gasteiger partial charge in [0, 0.05) is 24.7 Å². The van der Waals surface area contributed by atoms with Crippen LogP contribution in [-0.4, -0.2) is 67.6 Å². The summed E-state index contributed by atoms with van der Waals surface area (Å²) in [6, 6.07) is 8.12. The third kappa shape index (κ3) is 5.74. The van der Waals surface area contributed by atoms with Crippen molar-refractivity contribution >= 4 is 62.7 Å². The first kappa shape index (κ1) is 27.8. The van der Waals surface area contributed by atoms with Crippen molar-refractivity contribution in [2.24, 2.45) is 0 Å². The highest BCUT2D eigenvalue weighted by molar-refractivity contribution is 14.1. The van der Waals surface area contributed by atoms with Crippen LogP contribution in [-0.2, 0) is 16.0 Å². The van der Waals surface area contributed by atoms with Crippen molar-refractivity contribution in [1.82, 2.24) is 29.6 Å². The number of hydrogen-bond donors (Lipinski definition) is 2. The molecule has 4 heterocycles. The molecule has 0 atom stereocenters. The molecule has 0 unspecified atom stereocenters. The Labute approximate surface area is 243 Å². The monoisotopic (exact) mass is 659 g/mol. The van der Waals surface area contributed by atoms with Crippen LogP contribution in [0.1, 0.15) is 50.7 Å². The van der Waals surface area contributed by atoms with E-state index in [0.29, 0.717) is 34.4 Å². The fourth-order valence-corrected chi connectivity index (χ4v) is 5.61. The number of likely N-dealkylation sites (tertiary alicyclic amines) is 1. The van der Waals surface area contributed by atoms with Crippen LogP contribution in [0.4, 0.5) is 15.5 Å². The van der Waals surface area contributed by atoms with Crippen LogP contribution < -0.4 is 10.9 Å². The molecule has 210 valence electrons. The molecule has 1 saturated heterocycles. The molecular weight excluding hydrogens is 629 g/mol. The Kier molecular flexibility index (Phi) is 7.66. The predicted molar refractivity (Wildman–Crippen MR) is 158 cm³/mol. The third-order valence-electron chi connectivity index (χ3n) is 6.76. The Hall–Kier alpha value is -3.75. The molecule has 13 heteroatoms. The largest absolute Gasteiger partial charge is 0.453 e. The van der Waals surface area contributed by atoms with Crippen molar-refractivity contribution in [3.05, 3.63) is 55.6 Å². The van der Waals surface area contributed by atoms with Crippen LogP contribution in [0.15, 0.2) is 35.3 Å². The van der Waals surface area contributed by atoms with Crippen LogP contribution >= 0.6 is 22.6 Å². The number of benzene rings is 1. The van der Waals surface area contributed by atoms with Crippen molar-refractivity contribution < 1.29 is 19.1 Å². The average molecular weight is 659 g/mol. The van der Waals surface area contributed by atoms with Crippen LogP contribution in [0.25, 0.3) is 21.9 Å². The number of aromatic amines is 1. The Morgan fingerprint density at radius 1 is 1.18 bits per heavy atom. The first-order valence-corrected chi connectivity index (χ1v) is 14.0. The molecule has 0 spiro atoms. The highest BCUT2D eigenvalue weighted by atomic mass is 127. The number of pyridine rings is 1. The van der Waals surface area contributed by atoms with Gasteiger partial charge in [-0.15, -0.1) is 0 Å². The summed E-state index contributed by atoms with van der Waals surface area (Å²) in [6.07, 6.45) is 2.40. The second kappa shape index (κ2) is 11.0. The van der Waals surface area contributed by atoms with Crippen molar-refractivity contribution in [3.8, 4) is 0 Å². The molecule has 1 aromatic carbocycles. The minimum absolute atomic E-state index is 0.0176. The number of nitrogens with zero attached hydrogens (tertiary/aromatic N) is 5. The van der Waals surface area contributed by atoms with Crippen molar-refractivity contribution in [1.29, 1.82) is 0 Å². The number of nitrogens with one attached hydrogen (secondary N) is 2. The SMILES string of the molecule is COC(=O)Nc1nc2c(I)nn(Cc3ccc(C4CCN(C(=O)OC(C)(C)C)CC4)c4cccnc34)c2c(=O)[nH]1. The number of methoxy groups -OCH3 is 1. The zero-order chi connectivity index (χ0) is 28.6. The van der Waals surface area contributed by atoms with E-state index in [1.807, 2.05) is 55.5 Å². The van der Waals surface area contributed by atoms with Crippen LogP contribution in [0, 0.1) is 3.70 Å². The summed E-state index contributed by atoms with van der Waals surface area (Å²) in [5.74, 6) is 0.259. The van der Waals surface area contributed by atoms with Crippen molar-refractivity contribution in [2.75, 3.05) is 25.5 Å². The lowest BCUT2D eigenvalue weighted by atomic mass is 9.86. The van der Waals surface area contributed by atoms with Gasteiger partial charge < -0.3 is 14.4 Å². The summed E-state index contributed by atoms with van der Waals surface area (Å²) in [5, 5.41) is 7.98. The van der Waals surface area contributed by atoms with Gasteiger partial charge in [-0.05, 0) is 79.3 Å². The van der Waals surface area contributed by atoms with E-state index < -0.39 is 17.3 Å². The number of amides is 2. The lowest BCUT2D eigenvalue weighted by Gasteiger charge is -2.34. The van der Waals surface area contributed by atoms with Crippen molar-refractivity contribution in [2.45, 2.75) is 51.7 Å². The number of rotatable bonds is 4. The summed E-state index contributed by atoms with van der Waals surface area (Å²) in [5.41, 5.74) is 2.64. The number of halogens is 1. The van der Waals surface area contributed by atoms with Gasteiger partial charge in [-0.2, -0.15) is 5.10 Å². The lowest BCUT2D eigenvalue weighted by Crippen LogP contribution is -2.41. The molecule has 0 saturated carbocycles. The van der Waals surface area contributed by atoms with Gasteiger partial charge in [-0.1, -0.05) is 18.2 Å². The van der Waals surface area contributed by atoms with Crippen LogP contribution in [0.5, 0.6) is 0 Å². The molecule has 2 N–H and O–H groups in total. The summed E-state index contributed by atoms with van der Waals surface area (Å²) in [7, 11) is 1.23. The van der Waals surface area contributed by atoms with Gasteiger partial charge in [-0.3, -0.25) is 24.8 Å². The molecule has 1 aliphatic heterocycles. The average Bonchev–Trinajstić information content (AvgIpc) is 3.23. The molecule has 2 amide bonds. The van der Waals surface area contributed by atoms with Gasteiger partial charge in [0.05, 0.1) is 19.2 Å². The van der Waals surface area contributed by atoms with E-state index in [2.05, 4.69) is 37.3 Å². The smallest absolute Gasteiger partial charge is 0.413 e. The van der Waals surface area contributed by atoms with Gasteiger partial charge in [0.2, 0.25) is 5.95 Å². The maximum atomic E-state index is 13.0. The number of hydrogen-bond acceptors (Lipinski definition) is 8. The normalized spacial score (nSPS) is 14.5. The maximum absolute atomic E-state index is 13.0. The minimum atomic E-state index is -0.738. The summed E-state index contributed by atoms with van der Waals surface area (Å²) < 4.78 is 12.3. The van der Waals surface area contributed by atoms with Gasteiger partial charge in [-0.25, -0.2) is 14.6 Å². The Morgan fingerprint density at radius 3 is 2.62 bits per heavy atom. The molecule has 0 aliphatic carbocycles. The summed E-state index contributed by atoms with van der Waals surface area (Å²) >= 11 is 2.02. The molecule has 1 aliphatic rings. The molecule has 40 heavy (non-hydrogen) atoms. The number of aromatic nitrogens is 5. The molecule has 12 nitrogen and oxygen atoms in total. The van der Waals surface area contributed by atoms with E-state index >= 15 is 0 Å². The van der Waals surface area contributed by atoms with Gasteiger partial charge in [0.1, 0.15) is 14.8 Å². The summed E-state index contributed by atoms with van der Waals surface area (Å²) in [4.78, 5) is 50.4. The maximum Gasteiger partial charge on any atom is 0.413 e. The molecule has 0 radical (unpaired) electrons. The standard InChI is InChI=1S/C27H30IN7O5/c1-27(2,3)40-26(38)34-12-9-15(10-13-34)17-8-7-16(19-18(17)6-5-11-29-19)14-35-21-20(22(28)33-35)30-24(31-23(21)36)32-25(37)39-4/h5-8,11,15H,9-10,12-14H2,1-4H3,(H2,30,31,32,36,37). The number of carbonyl (C=O) groups is 2. The van der Waals surface area contributed by atoms with Crippen molar-refractivity contribution in [3.63, 3.8) is 0 Å². The topological polar surface area (TPSA) is 144 Å². The first-order valence-electron chi connectivity index (χ1n) is 12.9. The number of carbonyl (C=O) groups excluding carboxylic acids is 2. The molecule has 4 aromatic rings. The van der Waals surface area contributed by atoms with E-state index in [9.17, 15) is 14.4 Å². The zero-order valence-electron chi connectivity index (χ0n) is 22.7. The third-order valence-corrected chi connectivity index (χ3v) is 7.48. The molecular formula is C27H30IN7O5. The first-order chi connectivity index (χ1) is 19.0. The molecule has 5 rings (SSSR count). The number of anilines is 1. The van der Waals surface area contributed by atoms with E-state index in [1.165, 1.54) is 12.7 Å². The quantitative estimate of drug-likeness (QED) is 0.303. The van der Waals surface area contributed by atoms with Gasteiger partial charge in [0.25, 0.3) is 5.56 Å². The number of fused-ring (bicyclic) bond motifs is 2. The predicted octanol–water partition coefficient (Wildman–Crippen LogP) is 4.61. The van der Waals surface area contributed by atoms with Crippen LogP contribution in [0.2, 0.25) is 0 Å². The fourth-order valence-electron chi connectivity index (χ4n) is 4.97. The van der Waals surface area contributed by atoms with Gasteiger partial charge in [0.15, 0.2) is 5.52 Å². The van der Waals surface area contributed by atoms with E-state index in [4.69, 9.17) is 9.72 Å². The van der Waals surface area contributed by atoms with E-state index in [-0.39, 0.29) is 18.0 Å². The van der Waals surface area contributed by atoms with E-state index in [0.717, 1.165) is 29.3 Å². The van der Waals surface area contributed by atoms with E-state index in [1.54, 1.807) is 15.8 Å². The molecule has 1 fully saturated rings. The second-order valence-corrected chi connectivity index (χ2v) is 11.7. The Morgan fingerprint density at radius 2 is 1.93 bits per heavy atom. The molecule has 0 bridgehead atoms.